The van der Waals surface area contributed by atoms with Gasteiger partial charge in [-0.25, -0.2) is 4.98 Å². The number of piperidine rings is 1. The van der Waals surface area contributed by atoms with Gasteiger partial charge in [0.1, 0.15) is 5.69 Å². The van der Waals surface area contributed by atoms with Gasteiger partial charge in [0.05, 0.1) is 17.0 Å². The van der Waals surface area contributed by atoms with Gasteiger partial charge in [-0.3, -0.25) is 24.5 Å². The lowest BCUT2D eigenvalue weighted by atomic mass is 9.88. The molecule has 1 fully saturated rings. The van der Waals surface area contributed by atoms with Crippen LogP contribution in [0.1, 0.15) is 56.8 Å². The standard InChI is InChI=1S/C23H26N4O4S/c1-13-21(25-14(2)32-13)22(30)24-9-7-18-17-6-4-3-5-15(17)8-10-27(18)23(31)16-11-19(28)26-20(29)12-16/h3-6,16,18H,7-12H2,1-2H3,(H,24,30)(H,26,28,29). The minimum Gasteiger partial charge on any atom is -0.351 e. The highest BCUT2D eigenvalue weighted by atomic mass is 32.1. The van der Waals surface area contributed by atoms with E-state index in [4.69, 9.17) is 0 Å². The Hall–Kier alpha value is -3.07. The van der Waals surface area contributed by atoms with Crippen LogP contribution in [0.3, 0.4) is 0 Å². The number of hydrogen-bond acceptors (Lipinski definition) is 6. The highest BCUT2D eigenvalue weighted by Gasteiger charge is 2.37. The molecule has 1 atom stereocenters. The summed E-state index contributed by atoms with van der Waals surface area (Å²) >= 11 is 1.49. The highest BCUT2D eigenvalue weighted by Crippen LogP contribution is 2.34. The average Bonchev–Trinajstić information content (AvgIpc) is 3.10. The molecule has 0 bridgehead atoms. The molecule has 0 saturated carbocycles. The molecule has 0 radical (unpaired) electrons. The number of rotatable bonds is 5. The summed E-state index contributed by atoms with van der Waals surface area (Å²) in [5, 5.41) is 6.04. The molecule has 1 saturated heterocycles. The van der Waals surface area contributed by atoms with E-state index in [1.165, 1.54) is 16.9 Å². The number of amides is 4. The number of thiazole rings is 1. The molecule has 2 N–H and O–H groups in total. The Morgan fingerprint density at radius 2 is 1.91 bits per heavy atom. The van der Waals surface area contributed by atoms with Gasteiger partial charge in [-0.2, -0.15) is 0 Å². The molecule has 2 aromatic rings. The van der Waals surface area contributed by atoms with Crippen LogP contribution in [-0.4, -0.2) is 46.6 Å². The van der Waals surface area contributed by atoms with Gasteiger partial charge in [0.25, 0.3) is 5.91 Å². The summed E-state index contributed by atoms with van der Waals surface area (Å²) in [7, 11) is 0. The van der Waals surface area contributed by atoms with E-state index in [1.807, 2.05) is 32.0 Å². The molecule has 0 spiro atoms. The minimum atomic E-state index is -0.640. The molecular formula is C23H26N4O4S. The lowest BCUT2D eigenvalue weighted by Crippen LogP contribution is -2.48. The lowest BCUT2D eigenvalue weighted by Gasteiger charge is -2.39. The second kappa shape index (κ2) is 9.20. The number of carbonyl (C=O) groups excluding carboxylic acids is 4. The van der Waals surface area contributed by atoms with Gasteiger partial charge in [-0.1, -0.05) is 24.3 Å². The second-order valence-corrected chi connectivity index (χ2v) is 9.66. The van der Waals surface area contributed by atoms with Gasteiger partial charge in [0, 0.05) is 30.8 Å². The van der Waals surface area contributed by atoms with Gasteiger partial charge >= 0.3 is 0 Å². The Bertz CT molecular complexity index is 1060. The maximum atomic E-state index is 13.3. The molecule has 8 nitrogen and oxygen atoms in total. The SMILES string of the molecule is Cc1nc(C(=O)NCCC2c3ccccc3CCN2C(=O)C2CC(=O)NC(=O)C2)c(C)s1. The van der Waals surface area contributed by atoms with Crippen LogP contribution in [0.5, 0.6) is 0 Å². The molecule has 2 aliphatic rings. The third-order valence-corrected chi connectivity index (χ3v) is 6.90. The molecule has 168 valence electrons. The number of aryl methyl sites for hydroxylation is 2. The fourth-order valence-corrected chi connectivity index (χ4v) is 5.37. The van der Waals surface area contributed by atoms with Gasteiger partial charge < -0.3 is 10.2 Å². The Labute approximate surface area is 190 Å². The summed E-state index contributed by atoms with van der Waals surface area (Å²) in [4.78, 5) is 56.5. The summed E-state index contributed by atoms with van der Waals surface area (Å²) < 4.78 is 0. The summed E-state index contributed by atoms with van der Waals surface area (Å²) in [6.45, 7) is 4.64. The smallest absolute Gasteiger partial charge is 0.271 e. The van der Waals surface area contributed by atoms with Crippen molar-refractivity contribution in [2.24, 2.45) is 5.92 Å². The van der Waals surface area contributed by atoms with E-state index in [0.717, 1.165) is 21.9 Å². The maximum absolute atomic E-state index is 13.3. The minimum absolute atomic E-state index is 0.0224. The monoisotopic (exact) mass is 454 g/mol. The van der Waals surface area contributed by atoms with E-state index in [-0.39, 0.29) is 30.7 Å². The van der Waals surface area contributed by atoms with Crippen molar-refractivity contribution in [3.05, 3.63) is 51.0 Å². The Morgan fingerprint density at radius 1 is 1.19 bits per heavy atom. The number of carbonyl (C=O) groups is 4. The number of nitrogens with zero attached hydrogens (tertiary/aromatic N) is 2. The second-order valence-electron chi connectivity index (χ2n) is 8.26. The van der Waals surface area contributed by atoms with E-state index in [9.17, 15) is 19.2 Å². The average molecular weight is 455 g/mol. The van der Waals surface area contributed by atoms with Crippen LogP contribution < -0.4 is 10.6 Å². The zero-order valence-electron chi connectivity index (χ0n) is 18.1. The van der Waals surface area contributed by atoms with Crippen molar-refractivity contribution in [1.29, 1.82) is 0 Å². The summed E-state index contributed by atoms with van der Waals surface area (Å²) in [6.07, 6.45) is 1.29. The van der Waals surface area contributed by atoms with Crippen LogP contribution in [0, 0.1) is 19.8 Å². The van der Waals surface area contributed by atoms with Crippen LogP contribution in [0.2, 0.25) is 0 Å². The molecule has 2 aliphatic heterocycles. The molecule has 32 heavy (non-hydrogen) atoms. The largest absolute Gasteiger partial charge is 0.351 e. The van der Waals surface area contributed by atoms with Crippen LogP contribution in [0.25, 0.3) is 0 Å². The van der Waals surface area contributed by atoms with E-state index >= 15 is 0 Å². The van der Waals surface area contributed by atoms with Crippen molar-refractivity contribution in [2.75, 3.05) is 13.1 Å². The van der Waals surface area contributed by atoms with Crippen molar-refractivity contribution in [2.45, 2.75) is 45.6 Å². The number of hydrogen-bond donors (Lipinski definition) is 2. The molecular weight excluding hydrogens is 428 g/mol. The number of fused-ring (bicyclic) bond motifs is 1. The van der Waals surface area contributed by atoms with Crippen LogP contribution >= 0.6 is 11.3 Å². The summed E-state index contributed by atoms with van der Waals surface area (Å²) in [5.41, 5.74) is 2.67. The molecule has 4 rings (SSSR count). The number of nitrogens with one attached hydrogen (secondary N) is 2. The first-order chi connectivity index (χ1) is 15.3. The molecule has 0 aliphatic carbocycles. The van der Waals surface area contributed by atoms with Crippen molar-refractivity contribution >= 4 is 35.0 Å². The van der Waals surface area contributed by atoms with Crippen molar-refractivity contribution in [3.63, 3.8) is 0 Å². The molecule has 1 aromatic heterocycles. The fourth-order valence-electron chi connectivity index (χ4n) is 4.56. The van der Waals surface area contributed by atoms with Gasteiger partial charge in [-0.05, 0) is 37.8 Å². The van der Waals surface area contributed by atoms with E-state index in [0.29, 0.717) is 25.2 Å². The topological polar surface area (TPSA) is 108 Å². The quantitative estimate of drug-likeness (QED) is 0.673. The fraction of sp³-hybridized carbons (Fsp3) is 0.435. The normalized spacial score (nSPS) is 18.8. The molecule has 1 unspecified atom stereocenters. The van der Waals surface area contributed by atoms with E-state index in [1.54, 1.807) is 4.90 Å². The summed E-state index contributed by atoms with van der Waals surface area (Å²) in [6, 6.07) is 7.76. The van der Waals surface area contributed by atoms with Gasteiger partial charge in [0.2, 0.25) is 17.7 Å². The Balaban J connectivity index is 1.50. The first kappa shape index (κ1) is 22.1. The van der Waals surface area contributed by atoms with Crippen molar-refractivity contribution in [3.8, 4) is 0 Å². The predicted octanol–water partition coefficient (Wildman–Crippen LogP) is 2.06. The predicted molar refractivity (Wildman–Crippen MR) is 119 cm³/mol. The Morgan fingerprint density at radius 3 is 2.59 bits per heavy atom. The first-order valence-electron chi connectivity index (χ1n) is 10.8. The number of imide groups is 1. The molecule has 4 amide bonds. The van der Waals surface area contributed by atoms with Gasteiger partial charge in [0.15, 0.2) is 0 Å². The highest BCUT2D eigenvalue weighted by molar-refractivity contribution is 7.11. The third kappa shape index (κ3) is 4.57. The van der Waals surface area contributed by atoms with Crippen LogP contribution in [-0.2, 0) is 20.8 Å². The third-order valence-electron chi connectivity index (χ3n) is 6.01. The van der Waals surface area contributed by atoms with Crippen LogP contribution in [0.4, 0.5) is 0 Å². The zero-order chi connectivity index (χ0) is 22.8. The van der Waals surface area contributed by atoms with Crippen molar-refractivity contribution < 1.29 is 19.2 Å². The zero-order valence-corrected chi connectivity index (χ0v) is 19.0. The molecule has 9 heteroatoms. The lowest BCUT2D eigenvalue weighted by molar-refractivity contribution is -0.147. The van der Waals surface area contributed by atoms with E-state index in [2.05, 4.69) is 21.7 Å². The number of aromatic nitrogens is 1. The van der Waals surface area contributed by atoms with Crippen LogP contribution in [0.15, 0.2) is 24.3 Å². The molecule has 1 aromatic carbocycles. The van der Waals surface area contributed by atoms with Gasteiger partial charge in [-0.15, -0.1) is 11.3 Å². The molecule has 3 heterocycles. The van der Waals surface area contributed by atoms with Crippen molar-refractivity contribution in [1.82, 2.24) is 20.5 Å². The summed E-state index contributed by atoms with van der Waals surface area (Å²) in [5.74, 6) is -1.85. The number of benzene rings is 1. The first-order valence-corrected chi connectivity index (χ1v) is 11.6. The Kier molecular flexibility index (Phi) is 6.36. The maximum Gasteiger partial charge on any atom is 0.271 e. The van der Waals surface area contributed by atoms with E-state index < -0.39 is 17.7 Å².